The Morgan fingerprint density at radius 1 is 1.28 bits per heavy atom. The summed E-state index contributed by atoms with van der Waals surface area (Å²) in [4.78, 5) is 17.7. The third-order valence-corrected chi connectivity index (χ3v) is 5.55. The van der Waals surface area contributed by atoms with Gasteiger partial charge in [0.25, 0.3) is 5.91 Å². The average Bonchev–Trinajstić information content (AvgIpc) is 3.11. The van der Waals surface area contributed by atoms with Crippen molar-refractivity contribution in [3.05, 3.63) is 42.0 Å². The summed E-state index contributed by atoms with van der Waals surface area (Å²) in [5, 5.41) is 0. The van der Waals surface area contributed by atoms with Crippen LogP contribution in [0.25, 0.3) is 0 Å². The summed E-state index contributed by atoms with van der Waals surface area (Å²) in [6.45, 7) is 4.48. The van der Waals surface area contributed by atoms with Crippen molar-refractivity contribution in [2.24, 2.45) is 0 Å². The third kappa shape index (κ3) is 5.12. The largest absolute Gasteiger partial charge is 0.351 e. The molecule has 0 aromatic heterocycles. The van der Waals surface area contributed by atoms with E-state index in [-0.39, 0.29) is 18.0 Å². The Kier molecular flexibility index (Phi) is 7.12. The molecule has 0 bridgehead atoms. The van der Waals surface area contributed by atoms with Gasteiger partial charge in [0.1, 0.15) is 0 Å². The lowest BCUT2D eigenvalue weighted by atomic mass is 10.3. The van der Waals surface area contributed by atoms with Crippen LogP contribution in [0.2, 0.25) is 0 Å². The number of rotatable bonds is 9. The first-order chi connectivity index (χ1) is 12.0. The zero-order valence-corrected chi connectivity index (χ0v) is 15.3. The fraction of sp³-hybridized carbons (Fsp3) is 0.471. The van der Waals surface area contributed by atoms with Crippen LogP contribution < -0.4 is 5.48 Å². The highest BCUT2D eigenvalue weighted by molar-refractivity contribution is 7.89. The minimum Gasteiger partial charge on any atom is -0.351 e. The second kappa shape index (κ2) is 9.10. The van der Waals surface area contributed by atoms with Crippen LogP contribution in [0.3, 0.4) is 0 Å². The Morgan fingerprint density at radius 3 is 2.64 bits per heavy atom. The number of nitrogens with zero attached hydrogens (tertiary/aromatic N) is 1. The predicted octanol–water partition coefficient (Wildman–Crippen LogP) is 1.83. The summed E-state index contributed by atoms with van der Waals surface area (Å²) < 4.78 is 31.7. The van der Waals surface area contributed by atoms with Gasteiger partial charge in [-0.3, -0.25) is 4.79 Å². The van der Waals surface area contributed by atoms with E-state index in [4.69, 9.17) is 9.57 Å². The number of benzene rings is 1. The van der Waals surface area contributed by atoms with E-state index in [9.17, 15) is 13.2 Å². The molecular formula is C17H24N2O5S. The SMILES string of the molecule is CCCC(OCC)ONC(=O)C1=CCN(S(=O)(=O)c2ccccc2)C1. The molecule has 1 aromatic rings. The van der Waals surface area contributed by atoms with E-state index < -0.39 is 22.2 Å². The van der Waals surface area contributed by atoms with Gasteiger partial charge in [-0.2, -0.15) is 4.31 Å². The standard InChI is InChI=1S/C17H24N2O5S/c1-3-8-16(23-4-2)24-18-17(20)14-11-12-19(13-14)25(21,22)15-9-6-5-7-10-15/h5-7,9-11,16H,3-4,8,12-13H2,1-2H3,(H,18,20). The second-order valence-electron chi connectivity index (χ2n) is 5.56. The molecule has 0 saturated carbocycles. The summed E-state index contributed by atoms with van der Waals surface area (Å²) in [5.74, 6) is -0.452. The van der Waals surface area contributed by atoms with Gasteiger partial charge in [0, 0.05) is 31.7 Å². The number of hydrogen-bond acceptors (Lipinski definition) is 5. The summed E-state index contributed by atoms with van der Waals surface area (Å²) in [6, 6.07) is 8.16. The molecule has 2 rings (SSSR count). The fourth-order valence-electron chi connectivity index (χ4n) is 2.40. The van der Waals surface area contributed by atoms with Crippen LogP contribution in [0.1, 0.15) is 26.7 Å². The molecular weight excluding hydrogens is 344 g/mol. The molecule has 1 heterocycles. The molecule has 1 aliphatic rings. The number of carbonyl (C=O) groups is 1. The number of sulfonamides is 1. The number of nitrogens with one attached hydrogen (secondary N) is 1. The van der Waals surface area contributed by atoms with Crippen molar-refractivity contribution in [1.29, 1.82) is 0 Å². The summed E-state index contributed by atoms with van der Waals surface area (Å²) in [6.07, 6.45) is 2.59. The number of amides is 1. The molecule has 1 N–H and O–H groups in total. The fourth-order valence-corrected chi connectivity index (χ4v) is 3.78. The third-order valence-electron chi connectivity index (χ3n) is 3.72. The Hall–Kier alpha value is -1.74. The van der Waals surface area contributed by atoms with Gasteiger partial charge >= 0.3 is 0 Å². The molecule has 0 spiro atoms. The van der Waals surface area contributed by atoms with E-state index >= 15 is 0 Å². The lowest BCUT2D eigenvalue weighted by Gasteiger charge is -2.18. The maximum absolute atomic E-state index is 12.5. The first-order valence-electron chi connectivity index (χ1n) is 8.30. The monoisotopic (exact) mass is 368 g/mol. The topological polar surface area (TPSA) is 84.9 Å². The van der Waals surface area contributed by atoms with Gasteiger partial charge in [0.2, 0.25) is 10.0 Å². The van der Waals surface area contributed by atoms with Crippen molar-refractivity contribution < 1.29 is 22.8 Å². The Bertz CT molecular complexity index is 697. The van der Waals surface area contributed by atoms with Gasteiger partial charge in [0.05, 0.1) is 4.90 Å². The van der Waals surface area contributed by atoms with Crippen molar-refractivity contribution in [3.63, 3.8) is 0 Å². The van der Waals surface area contributed by atoms with Gasteiger partial charge < -0.3 is 4.74 Å². The molecule has 0 saturated heterocycles. The van der Waals surface area contributed by atoms with Crippen LogP contribution in [-0.2, 0) is 24.4 Å². The minimum absolute atomic E-state index is 0.0134. The van der Waals surface area contributed by atoms with Crippen LogP contribution in [0.5, 0.6) is 0 Å². The second-order valence-corrected chi connectivity index (χ2v) is 7.50. The van der Waals surface area contributed by atoms with Crippen molar-refractivity contribution in [2.45, 2.75) is 37.9 Å². The summed E-state index contributed by atoms with van der Waals surface area (Å²) >= 11 is 0. The molecule has 25 heavy (non-hydrogen) atoms. The van der Waals surface area contributed by atoms with E-state index in [0.717, 1.165) is 6.42 Å². The molecule has 0 fully saturated rings. The van der Waals surface area contributed by atoms with E-state index in [1.807, 2.05) is 13.8 Å². The van der Waals surface area contributed by atoms with Gasteiger partial charge in [0.15, 0.2) is 6.29 Å². The molecule has 1 atom stereocenters. The molecule has 1 aromatic carbocycles. The van der Waals surface area contributed by atoms with Crippen LogP contribution in [0, 0.1) is 0 Å². The van der Waals surface area contributed by atoms with Crippen molar-refractivity contribution in [2.75, 3.05) is 19.7 Å². The Balaban J connectivity index is 1.92. The van der Waals surface area contributed by atoms with Crippen LogP contribution in [0.4, 0.5) is 0 Å². The van der Waals surface area contributed by atoms with Gasteiger partial charge in [-0.05, 0) is 19.1 Å². The molecule has 138 valence electrons. The summed E-state index contributed by atoms with van der Waals surface area (Å²) in [7, 11) is -3.62. The zero-order chi connectivity index (χ0) is 18.3. The average molecular weight is 368 g/mol. The number of carbonyl (C=O) groups excluding carboxylic acids is 1. The van der Waals surface area contributed by atoms with Gasteiger partial charge in [-0.15, -0.1) is 0 Å². The lowest BCUT2D eigenvalue weighted by Crippen LogP contribution is -2.35. The van der Waals surface area contributed by atoms with E-state index in [0.29, 0.717) is 18.6 Å². The lowest BCUT2D eigenvalue weighted by molar-refractivity contribution is -0.186. The quantitative estimate of drug-likeness (QED) is 0.531. The van der Waals surface area contributed by atoms with E-state index in [2.05, 4.69) is 5.48 Å². The van der Waals surface area contributed by atoms with Crippen LogP contribution >= 0.6 is 0 Å². The molecule has 1 unspecified atom stereocenters. The van der Waals surface area contributed by atoms with Gasteiger partial charge in [-0.25, -0.2) is 18.7 Å². The summed E-state index contributed by atoms with van der Waals surface area (Å²) in [5.41, 5.74) is 2.71. The van der Waals surface area contributed by atoms with Crippen molar-refractivity contribution in [1.82, 2.24) is 9.79 Å². The zero-order valence-electron chi connectivity index (χ0n) is 14.5. The van der Waals surface area contributed by atoms with Crippen molar-refractivity contribution >= 4 is 15.9 Å². The van der Waals surface area contributed by atoms with Gasteiger partial charge in [-0.1, -0.05) is 37.6 Å². The van der Waals surface area contributed by atoms with Crippen LogP contribution in [-0.4, -0.2) is 44.6 Å². The first-order valence-corrected chi connectivity index (χ1v) is 9.74. The molecule has 0 radical (unpaired) electrons. The van der Waals surface area contributed by atoms with E-state index in [1.54, 1.807) is 24.3 Å². The molecule has 7 nitrogen and oxygen atoms in total. The maximum Gasteiger partial charge on any atom is 0.271 e. The van der Waals surface area contributed by atoms with Crippen LogP contribution in [0.15, 0.2) is 46.9 Å². The molecule has 8 heteroatoms. The Labute approximate surface area is 148 Å². The Morgan fingerprint density at radius 2 is 2.00 bits per heavy atom. The van der Waals surface area contributed by atoms with E-state index in [1.165, 1.54) is 16.4 Å². The molecule has 1 aliphatic heterocycles. The predicted molar refractivity (Wildman–Crippen MR) is 92.8 cm³/mol. The highest BCUT2D eigenvalue weighted by atomic mass is 32.2. The number of hydrogen-bond donors (Lipinski definition) is 1. The van der Waals surface area contributed by atoms with Crippen molar-refractivity contribution in [3.8, 4) is 0 Å². The highest BCUT2D eigenvalue weighted by Gasteiger charge is 2.30. The molecule has 1 amide bonds. The highest BCUT2D eigenvalue weighted by Crippen LogP contribution is 2.20. The first kappa shape index (κ1) is 19.6. The maximum atomic E-state index is 12.5. The minimum atomic E-state index is -3.62. The normalized spacial score (nSPS) is 16.5. The number of ether oxygens (including phenoxy) is 1. The number of hydroxylamine groups is 1. The molecule has 0 aliphatic carbocycles. The smallest absolute Gasteiger partial charge is 0.271 e.